The molecule has 6 nitrogen and oxygen atoms in total. The molecule has 0 aliphatic heterocycles. The van der Waals surface area contributed by atoms with Gasteiger partial charge in [0.2, 0.25) is 0 Å². The van der Waals surface area contributed by atoms with Gasteiger partial charge in [-0.2, -0.15) is 5.10 Å². The Balaban J connectivity index is 2.13. The lowest BCUT2D eigenvalue weighted by atomic mass is 10.1. The molecule has 1 unspecified atom stereocenters. The lowest BCUT2D eigenvalue weighted by Crippen LogP contribution is -2.27. The lowest BCUT2D eigenvalue weighted by molar-refractivity contribution is 0.437. The Morgan fingerprint density at radius 2 is 1.95 bits per heavy atom. The molecule has 0 radical (unpaired) electrons. The summed E-state index contributed by atoms with van der Waals surface area (Å²) in [6.07, 6.45) is 7.00. The molecule has 0 spiro atoms. The number of aromatic nitrogens is 5. The molecule has 0 amide bonds. The summed E-state index contributed by atoms with van der Waals surface area (Å²) in [5.41, 5.74) is 0. The molecule has 0 aliphatic carbocycles. The van der Waals surface area contributed by atoms with Gasteiger partial charge in [0.15, 0.2) is 0 Å². The largest absolute Gasteiger partial charge is 0.307 e. The predicted octanol–water partition coefficient (Wildman–Crippen LogP) is 2.01. The van der Waals surface area contributed by atoms with Gasteiger partial charge in [0, 0.05) is 25.4 Å². The van der Waals surface area contributed by atoms with E-state index in [1.54, 1.807) is 18.7 Å². The average Bonchev–Trinajstić information content (AvgIpc) is 2.90. The zero-order valence-electron chi connectivity index (χ0n) is 13.0. The predicted molar refractivity (Wildman–Crippen MR) is 81.6 cm³/mol. The molecule has 114 valence electrons. The first kappa shape index (κ1) is 15.6. The van der Waals surface area contributed by atoms with Crippen molar-refractivity contribution in [3.05, 3.63) is 36.4 Å². The molecule has 2 aromatic heterocycles. The Morgan fingerprint density at radius 1 is 1.19 bits per heavy atom. The number of rotatable bonds is 8. The van der Waals surface area contributed by atoms with Crippen LogP contribution in [0.4, 0.5) is 0 Å². The first-order valence-corrected chi connectivity index (χ1v) is 7.57. The molecule has 0 saturated carbocycles. The molecule has 0 bridgehead atoms. The molecule has 2 aromatic rings. The summed E-state index contributed by atoms with van der Waals surface area (Å²) in [6.45, 7) is 8.32. The summed E-state index contributed by atoms with van der Waals surface area (Å²) in [5.74, 6) is 2.33. The zero-order chi connectivity index (χ0) is 15.1. The van der Waals surface area contributed by atoms with Crippen molar-refractivity contribution in [2.24, 2.45) is 5.92 Å². The van der Waals surface area contributed by atoms with E-state index in [1.807, 2.05) is 10.7 Å². The Labute approximate surface area is 126 Å². The molecule has 0 fully saturated rings. The Bertz CT molecular complexity index is 522. The van der Waals surface area contributed by atoms with Crippen LogP contribution >= 0.6 is 0 Å². The highest BCUT2D eigenvalue weighted by Gasteiger charge is 2.17. The van der Waals surface area contributed by atoms with E-state index in [4.69, 9.17) is 0 Å². The first-order chi connectivity index (χ1) is 10.2. The fourth-order valence-electron chi connectivity index (χ4n) is 2.19. The number of hydrogen-bond acceptors (Lipinski definition) is 5. The normalized spacial score (nSPS) is 12.8. The van der Waals surface area contributed by atoms with Gasteiger partial charge in [-0.05, 0) is 24.9 Å². The van der Waals surface area contributed by atoms with Gasteiger partial charge in [0.05, 0.1) is 6.04 Å². The molecule has 6 heteroatoms. The summed E-state index contributed by atoms with van der Waals surface area (Å²) >= 11 is 0. The van der Waals surface area contributed by atoms with Crippen LogP contribution in [0.3, 0.4) is 0 Å². The monoisotopic (exact) mass is 288 g/mol. The second-order valence-electron chi connectivity index (χ2n) is 5.57. The van der Waals surface area contributed by atoms with E-state index in [0.717, 1.165) is 37.6 Å². The third-order valence-corrected chi connectivity index (χ3v) is 3.16. The highest BCUT2D eigenvalue weighted by atomic mass is 15.3. The van der Waals surface area contributed by atoms with Gasteiger partial charge in [0.1, 0.15) is 18.0 Å². The van der Waals surface area contributed by atoms with Crippen molar-refractivity contribution in [2.45, 2.75) is 46.2 Å². The Hall–Kier alpha value is -1.82. The summed E-state index contributed by atoms with van der Waals surface area (Å²) in [7, 11) is 0. The van der Waals surface area contributed by atoms with Crippen LogP contribution in [0.15, 0.2) is 24.8 Å². The maximum Gasteiger partial charge on any atom is 0.145 e. The van der Waals surface area contributed by atoms with Crippen LogP contribution in [0, 0.1) is 5.92 Å². The van der Waals surface area contributed by atoms with Crippen molar-refractivity contribution in [3.8, 4) is 0 Å². The molecule has 1 N–H and O–H groups in total. The van der Waals surface area contributed by atoms with Crippen molar-refractivity contribution in [1.29, 1.82) is 0 Å². The van der Waals surface area contributed by atoms with Gasteiger partial charge in [-0.3, -0.25) is 0 Å². The topological polar surface area (TPSA) is 68.5 Å². The molecule has 1 atom stereocenters. The smallest absolute Gasteiger partial charge is 0.145 e. The first-order valence-electron chi connectivity index (χ1n) is 7.57. The summed E-state index contributed by atoms with van der Waals surface area (Å²) in [4.78, 5) is 13.1. The molecule has 0 aromatic carbocycles. The van der Waals surface area contributed by atoms with Crippen molar-refractivity contribution in [2.75, 3.05) is 6.54 Å². The van der Waals surface area contributed by atoms with Crippen LogP contribution < -0.4 is 5.32 Å². The fourth-order valence-corrected chi connectivity index (χ4v) is 2.19. The third-order valence-electron chi connectivity index (χ3n) is 3.16. The van der Waals surface area contributed by atoms with Crippen LogP contribution in [0.25, 0.3) is 0 Å². The molecule has 2 rings (SSSR count). The summed E-state index contributed by atoms with van der Waals surface area (Å²) < 4.78 is 1.98. The molecular formula is C15H24N6. The van der Waals surface area contributed by atoms with Gasteiger partial charge in [-0.1, -0.05) is 20.8 Å². The highest BCUT2D eigenvalue weighted by molar-refractivity contribution is 5.01. The Kier molecular flexibility index (Phi) is 5.80. The van der Waals surface area contributed by atoms with Crippen molar-refractivity contribution < 1.29 is 0 Å². The molecule has 21 heavy (non-hydrogen) atoms. The Morgan fingerprint density at radius 3 is 2.62 bits per heavy atom. The van der Waals surface area contributed by atoms with Crippen LogP contribution in [0.2, 0.25) is 0 Å². The van der Waals surface area contributed by atoms with Crippen molar-refractivity contribution >= 4 is 0 Å². The van der Waals surface area contributed by atoms with Crippen LogP contribution in [-0.2, 0) is 13.0 Å². The number of nitrogens with zero attached hydrogens (tertiary/aromatic N) is 5. The van der Waals surface area contributed by atoms with Gasteiger partial charge >= 0.3 is 0 Å². The summed E-state index contributed by atoms with van der Waals surface area (Å²) in [5, 5.41) is 7.82. The highest BCUT2D eigenvalue weighted by Crippen LogP contribution is 2.14. The second kappa shape index (κ2) is 7.83. The maximum absolute atomic E-state index is 4.40. The van der Waals surface area contributed by atoms with Gasteiger partial charge in [-0.15, -0.1) is 0 Å². The average molecular weight is 288 g/mol. The lowest BCUT2D eigenvalue weighted by Gasteiger charge is -2.17. The van der Waals surface area contributed by atoms with E-state index in [-0.39, 0.29) is 6.04 Å². The van der Waals surface area contributed by atoms with E-state index < -0.39 is 0 Å². The molecule has 0 saturated heterocycles. The SMILES string of the molecule is CCCNC(Cc1ncnn1CC(C)C)c1ncccn1. The standard InChI is InChI=1S/C15H24N6/c1-4-6-16-13(15-17-7-5-8-18-15)9-14-19-11-20-21(14)10-12(2)3/h5,7-8,11-13,16H,4,6,9-10H2,1-3H3. The van der Waals surface area contributed by atoms with Gasteiger partial charge in [0.25, 0.3) is 0 Å². The third kappa shape index (κ3) is 4.60. The van der Waals surface area contributed by atoms with Crippen LogP contribution in [-0.4, -0.2) is 31.3 Å². The zero-order valence-corrected chi connectivity index (χ0v) is 13.0. The second-order valence-corrected chi connectivity index (χ2v) is 5.57. The summed E-state index contributed by atoms with van der Waals surface area (Å²) in [6, 6.07) is 1.91. The minimum Gasteiger partial charge on any atom is -0.307 e. The minimum absolute atomic E-state index is 0.0706. The van der Waals surface area contributed by atoms with E-state index in [9.17, 15) is 0 Å². The van der Waals surface area contributed by atoms with E-state index in [2.05, 4.69) is 46.1 Å². The number of hydrogen-bond donors (Lipinski definition) is 1. The van der Waals surface area contributed by atoms with E-state index in [1.165, 1.54) is 0 Å². The van der Waals surface area contributed by atoms with Crippen LogP contribution in [0.1, 0.15) is 44.9 Å². The van der Waals surface area contributed by atoms with Crippen molar-refractivity contribution in [1.82, 2.24) is 30.0 Å². The van der Waals surface area contributed by atoms with Crippen molar-refractivity contribution in [3.63, 3.8) is 0 Å². The van der Waals surface area contributed by atoms with E-state index in [0.29, 0.717) is 5.92 Å². The maximum atomic E-state index is 4.40. The molecule has 0 aliphatic rings. The van der Waals surface area contributed by atoms with Gasteiger partial charge in [-0.25, -0.2) is 19.6 Å². The quantitative estimate of drug-likeness (QED) is 0.804. The van der Waals surface area contributed by atoms with Crippen LogP contribution in [0.5, 0.6) is 0 Å². The molecular weight excluding hydrogens is 264 g/mol. The fraction of sp³-hybridized carbons (Fsp3) is 0.600. The number of nitrogens with one attached hydrogen (secondary N) is 1. The molecule has 2 heterocycles. The van der Waals surface area contributed by atoms with Gasteiger partial charge < -0.3 is 5.32 Å². The van der Waals surface area contributed by atoms with E-state index >= 15 is 0 Å². The minimum atomic E-state index is 0.0706.